The first kappa shape index (κ1) is 38.8. The first-order valence-electron chi connectivity index (χ1n) is 19.8. The SMILES string of the molecule is [C-]#[N+]c1cc(C#N)cc(-c2ccc3c(c2)c2ccccc2n3-c2cc(C(F)(F)F)cc(-n3c4ccccc4c4cc(-c5cc(C#N)cc([N+]#[C-])c5)ccc43)c2-c2cccc(C#N)c2)c1. The van der Waals surface area contributed by atoms with Gasteiger partial charge in [-0.2, -0.15) is 29.0 Å². The summed E-state index contributed by atoms with van der Waals surface area (Å²) in [5.74, 6) is 0. The van der Waals surface area contributed by atoms with Crippen LogP contribution in [0.5, 0.6) is 0 Å². The molecule has 2 heterocycles. The predicted octanol–water partition coefficient (Wildman–Crippen LogP) is 14.6. The lowest BCUT2D eigenvalue weighted by molar-refractivity contribution is -0.137. The number of hydrogen-bond donors (Lipinski definition) is 0. The van der Waals surface area contributed by atoms with Crippen molar-refractivity contribution >= 4 is 55.0 Å². The molecule has 0 aliphatic carbocycles. The van der Waals surface area contributed by atoms with Gasteiger partial charge in [0.25, 0.3) is 0 Å². The van der Waals surface area contributed by atoms with E-state index in [0.29, 0.717) is 72.4 Å². The minimum Gasteiger partial charge on any atom is -0.309 e. The first-order chi connectivity index (χ1) is 31.1. The summed E-state index contributed by atoms with van der Waals surface area (Å²) in [5.41, 5.74) is 7.35. The Labute approximate surface area is 363 Å². The van der Waals surface area contributed by atoms with E-state index in [1.54, 1.807) is 48.5 Å². The molecule has 0 fully saturated rings. The molecule has 10 aromatic rings. The monoisotopic (exact) mass is 829 g/mol. The predicted molar refractivity (Wildman–Crippen MR) is 243 cm³/mol. The molecular formula is C54H26F3N7. The van der Waals surface area contributed by atoms with Crippen molar-refractivity contribution in [3.63, 3.8) is 0 Å². The van der Waals surface area contributed by atoms with Gasteiger partial charge in [0, 0.05) is 38.2 Å². The molecule has 0 saturated heterocycles. The molecule has 8 aromatic carbocycles. The number of benzene rings is 8. The Morgan fingerprint density at radius 1 is 0.422 bits per heavy atom. The summed E-state index contributed by atoms with van der Waals surface area (Å²) in [6.07, 6.45) is -4.78. The third kappa shape index (κ3) is 6.34. The van der Waals surface area contributed by atoms with Crippen LogP contribution in [0.2, 0.25) is 0 Å². The average Bonchev–Trinajstić information content (AvgIpc) is 3.84. The van der Waals surface area contributed by atoms with E-state index in [1.807, 2.05) is 94.1 Å². The number of alkyl halides is 3. The van der Waals surface area contributed by atoms with Crippen LogP contribution in [-0.2, 0) is 6.18 Å². The molecule has 0 unspecified atom stereocenters. The van der Waals surface area contributed by atoms with Gasteiger partial charge in [-0.15, -0.1) is 0 Å². The van der Waals surface area contributed by atoms with Gasteiger partial charge in [0.2, 0.25) is 0 Å². The fraction of sp³-hybridized carbons (Fsp3) is 0.0185. The Morgan fingerprint density at radius 2 is 0.875 bits per heavy atom. The third-order valence-corrected chi connectivity index (χ3v) is 11.5. The standard InChI is InChI=1S/C54H26F3N7/c1-61-41-21-33(30-59)19-38(23-41)35-14-16-49-45(25-35)43-10-3-5-12-47(43)63(49)51-27-40(54(55,56)57)28-52(53(51)37-9-7-8-32(18-37)29-58)64-48-13-6-4-11-44(48)46-26-36(15-17-50(46)64)39-20-34(31-60)22-42(24-39)62-2/h3-28H. The molecule has 0 radical (unpaired) electrons. The second-order valence-corrected chi connectivity index (χ2v) is 15.2. The fourth-order valence-corrected chi connectivity index (χ4v) is 8.81. The smallest absolute Gasteiger partial charge is 0.309 e. The Morgan fingerprint density at radius 3 is 1.33 bits per heavy atom. The van der Waals surface area contributed by atoms with E-state index >= 15 is 13.2 Å². The number of para-hydroxylation sites is 2. The summed E-state index contributed by atoms with van der Waals surface area (Å²) in [4.78, 5) is 7.12. The second kappa shape index (κ2) is 14.9. The molecule has 0 aliphatic rings. The van der Waals surface area contributed by atoms with Gasteiger partial charge in [-0.1, -0.05) is 60.7 Å². The van der Waals surface area contributed by atoms with Crippen LogP contribution in [0.3, 0.4) is 0 Å². The number of hydrogen-bond acceptors (Lipinski definition) is 3. The van der Waals surface area contributed by atoms with Gasteiger partial charge in [0.1, 0.15) is 0 Å². The minimum absolute atomic E-state index is 0.225. The molecule has 7 nitrogen and oxygen atoms in total. The summed E-state index contributed by atoms with van der Waals surface area (Å²) >= 11 is 0. The van der Waals surface area contributed by atoms with Gasteiger partial charge in [-0.05, 0) is 125 Å². The Hall–Kier alpha value is -9.40. The van der Waals surface area contributed by atoms with Crippen LogP contribution in [-0.4, -0.2) is 9.13 Å². The molecular weight excluding hydrogens is 804 g/mol. The Balaban J connectivity index is 1.32. The lowest BCUT2D eigenvalue weighted by Gasteiger charge is -2.23. The molecule has 298 valence electrons. The highest BCUT2D eigenvalue weighted by atomic mass is 19.4. The molecule has 0 N–H and O–H groups in total. The number of fused-ring (bicyclic) bond motifs is 6. The van der Waals surface area contributed by atoms with Crippen LogP contribution in [0.1, 0.15) is 22.3 Å². The largest absolute Gasteiger partial charge is 0.416 e. The maximum absolute atomic E-state index is 15.5. The fourth-order valence-electron chi connectivity index (χ4n) is 8.81. The minimum atomic E-state index is -4.78. The normalized spacial score (nSPS) is 11.3. The van der Waals surface area contributed by atoms with Crippen LogP contribution in [0, 0.1) is 47.1 Å². The number of halogens is 3. The first-order valence-corrected chi connectivity index (χ1v) is 19.8. The summed E-state index contributed by atoms with van der Waals surface area (Å²) in [7, 11) is 0. The maximum Gasteiger partial charge on any atom is 0.416 e. The molecule has 0 saturated carbocycles. The average molecular weight is 830 g/mol. The summed E-state index contributed by atoms with van der Waals surface area (Å²) in [6, 6.07) is 51.7. The molecule has 0 atom stereocenters. The van der Waals surface area contributed by atoms with Crippen molar-refractivity contribution in [2.75, 3.05) is 0 Å². The van der Waals surface area contributed by atoms with Crippen molar-refractivity contribution < 1.29 is 13.2 Å². The van der Waals surface area contributed by atoms with Crippen LogP contribution in [0.4, 0.5) is 24.5 Å². The van der Waals surface area contributed by atoms with Crippen molar-refractivity contribution in [2.45, 2.75) is 6.18 Å². The highest BCUT2D eigenvalue weighted by Gasteiger charge is 2.34. The number of rotatable bonds is 5. The summed E-state index contributed by atoms with van der Waals surface area (Å²) in [5, 5.41) is 32.6. The van der Waals surface area contributed by atoms with Crippen LogP contribution >= 0.6 is 0 Å². The van der Waals surface area contributed by atoms with E-state index in [0.717, 1.165) is 32.7 Å². The van der Waals surface area contributed by atoms with E-state index in [4.69, 9.17) is 13.1 Å². The van der Waals surface area contributed by atoms with Gasteiger partial charge in [-0.25, -0.2) is 9.69 Å². The zero-order chi connectivity index (χ0) is 44.3. The van der Waals surface area contributed by atoms with Crippen LogP contribution in [0.15, 0.2) is 158 Å². The third-order valence-electron chi connectivity index (χ3n) is 11.5. The lowest BCUT2D eigenvalue weighted by atomic mass is 9.96. The Kier molecular flexibility index (Phi) is 9.06. The zero-order valence-electron chi connectivity index (χ0n) is 33.3. The van der Waals surface area contributed by atoms with Crippen molar-refractivity contribution in [2.24, 2.45) is 0 Å². The highest BCUT2D eigenvalue weighted by Crippen LogP contribution is 2.46. The Bertz CT molecular complexity index is 3570. The highest BCUT2D eigenvalue weighted by molar-refractivity contribution is 6.13. The molecule has 10 rings (SSSR count). The zero-order valence-corrected chi connectivity index (χ0v) is 33.3. The van der Waals surface area contributed by atoms with E-state index < -0.39 is 11.7 Å². The maximum atomic E-state index is 15.5. The molecule has 10 heteroatoms. The number of aromatic nitrogens is 2. The van der Waals surface area contributed by atoms with Crippen molar-refractivity contribution in [3.05, 3.63) is 203 Å². The van der Waals surface area contributed by atoms with E-state index in [-0.39, 0.29) is 11.4 Å². The van der Waals surface area contributed by atoms with Crippen LogP contribution < -0.4 is 0 Å². The van der Waals surface area contributed by atoms with Crippen LogP contribution in [0.25, 0.3) is 98.1 Å². The molecule has 0 amide bonds. The van der Waals surface area contributed by atoms with Crippen molar-refractivity contribution in [3.8, 4) is 63.0 Å². The quantitative estimate of drug-likeness (QED) is 0.162. The van der Waals surface area contributed by atoms with Crippen molar-refractivity contribution in [1.29, 1.82) is 15.8 Å². The van der Waals surface area contributed by atoms with Gasteiger partial charge < -0.3 is 9.13 Å². The van der Waals surface area contributed by atoms with Gasteiger partial charge in [0.15, 0.2) is 11.4 Å². The summed E-state index contributed by atoms with van der Waals surface area (Å²) < 4.78 is 50.2. The molecule has 2 aromatic heterocycles. The van der Waals surface area contributed by atoms with Gasteiger partial charge >= 0.3 is 6.18 Å². The molecule has 0 bridgehead atoms. The lowest BCUT2D eigenvalue weighted by Crippen LogP contribution is -2.11. The molecule has 0 spiro atoms. The van der Waals surface area contributed by atoms with Gasteiger partial charge in [-0.3, -0.25) is 0 Å². The molecule has 64 heavy (non-hydrogen) atoms. The second-order valence-electron chi connectivity index (χ2n) is 15.2. The number of nitrogens with zero attached hydrogens (tertiary/aromatic N) is 7. The molecule has 0 aliphatic heterocycles. The van der Waals surface area contributed by atoms with E-state index in [9.17, 15) is 15.8 Å². The van der Waals surface area contributed by atoms with Crippen molar-refractivity contribution in [1.82, 2.24) is 9.13 Å². The topological polar surface area (TPSA) is 89.9 Å². The van der Waals surface area contributed by atoms with Gasteiger partial charge in [0.05, 0.1) is 75.9 Å². The number of nitriles is 3. The van der Waals surface area contributed by atoms with E-state index in [1.165, 1.54) is 24.3 Å². The van der Waals surface area contributed by atoms with E-state index in [2.05, 4.69) is 27.9 Å². The summed E-state index contributed by atoms with van der Waals surface area (Å²) in [6.45, 7) is 15.2.